The number of carboxylic acids is 1. The summed E-state index contributed by atoms with van der Waals surface area (Å²) in [7, 11) is -2.21. The lowest BCUT2D eigenvalue weighted by Gasteiger charge is -2.12. The summed E-state index contributed by atoms with van der Waals surface area (Å²) in [5.41, 5.74) is 4.14. The molecule has 106 valence electrons. The molecule has 20 heavy (non-hydrogen) atoms. The number of carboxylic acid groups (broad SMARTS) is 1. The van der Waals surface area contributed by atoms with Gasteiger partial charge in [-0.3, -0.25) is 9.59 Å². The lowest BCUT2D eigenvalue weighted by atomic mass is 9.90. The molecule has 2 unspecified atom stereocenters. The molecule has 4 N–H and O–H groups in total. The second-order valence-corrected chi connectivity index (χ2v) is 5.53. The van der Waals surface area contributed by atoms with Crippen molar-refractivity contribution in [3.8, 4) is 0 Å². The fourth-order valence-electron chi connectivity index (χ4n) is 1.58. The Hall–Kier alpha value is -2.11. The van der Waals surface area contributed by atoms with Crippen LogP contribution in [0.5, 0.6) is 0 Å². The molecule has 0 saturated carbocycles. The Morgan fingerprint density at radius 3 is 2.50 bits per heavy atom. The Morgan fingerprint density at radius 2 is 2.00 bits per heavy atom. The van der Waals surface area contributed by atoms with Crippen LogP contribution in [0.3, 0.4) is 0 Å². The lowest BCUT2D eigenvalue weighted by molar-refractivity contribution is -0.133. The second-order valence-electron chi connectivity index (χ2n) is 3.97. The standard InChI is InChI=1S/C12H12NO6P/c13-10(12(17)18)8(5-20(19)6-14)11(16)7-3-1-2-4-9(7)15/h1-4,7,14H,5-6H2,(H2-,13,16,17,18)/p+1. The van der Waals surface area contributed by atoms with E-state index in [4.69, 9.17) is 15.9 Å². The van der Waals surface area contributed by atoms with Crippen LogP contribution in [0.1, 0.15) is 0 Å². The Bertz CT molecular complexity index is 560. The molecule has 0 aromatic rings. The quantitative estimate of drug-likeness (QED) is 0.355. The summed E-state index contributed by atoms with van der Waals surface area (Å²) in [5, 5.41) is 17.6. The van der Waals surface area contributed by atoms with Crippen LogP contribution in [0.2, 0.25) is 0 Å². The van der Waals surface area contributed by atoms with E-state index in [1.54, 1.807) is 0 Å². The topological polar surface area (TPSA) is 135 Å². The maximum absolute atomic E-state index is 12.2. The molecule has 1 rings (SSSR count). The van der Waals surface area contributed by atoms with E-state index < -0.39 is 55.0 Å². The Balaban J connectivity index is 3.14. The number of aliphatic hydroxyl groups excluding tert-OH is 1. The van der Waals surface area contributed by atoms with Crippen molar-refractivity contribution >= 4 is 25.3 Å². The largest absolute Gasteiger partial charge is 0.477 e. The lowest BCUT2D eigenvalue weighted by Crippen LogP contribution is -2.28. The predicted molar refractivity (Wildman–Crippen MR) is 70.2 cm³/mol. The first kappa shape index (κ1) is 15.9. The summed E-state index contributed by atoms with van der Waals surface area (Å²) in [5.74, 6) is -4.04. The van der Waals surface area contributed by atoms with Gasteiger partial charge in [-0.25, -0.2) is 4.79 Å². The van der Waals surface area contributed by atoms with Crippen LogP contribution in [-0.2, 0) is 18.9 Å². The van der Waals surface area contributed by atoms with Crippen LogP contribution >= 0.6 is 7.80 Å². The average molecular weight is 298 g/mol. The molecule has 0 amide bonds. The first-order valence-electron chi connectivity index (χ1n) is 5.56. The number of allylic oxidation sites excluding steroid dienone is 5. The van der Waals surface area contributed by atoms with Crippen LogP contribution in [0.15, 0.2) is 35.6 Å². The number of hydrogen-bond donors (Lipinski definition) is 3. The minimum Gasteiger partial charge on any atom is -0.477 e. The van der Waals surface area contributed by atoms with Gasteiger partial charge < -0.3 is 15.9 Å². The molecule has 1 aliphatic rings. The van der Waals surface area contributed by atoms with Crippen molar-refractivity contribution in [3.05, 3.63) is 35.6 Å². The van der Waals surface area contributed by atoms with E-state index in [2.05, 4.69) is 0 Å². The Labute approximate surface area is 115 Å². The molecule has 0 aliphatic heterocycles. The minimum absolute atomic E-state index is 0.411. The van der Waals surface area contributed by atoms with Gasteiger partial charge >= 0.3 is 13.8 Å². The molecule has 0 aromatic carbocycles. The fraction of sp³-hybridized carbons (Fsp3) is 0.250. The van der Waals surface area contributed by atoms with Crippen LogP contribution in [0, 0.1) is 5.92 Å². The van der Waals surface area contributed by atoms with E-state index in [-0.39, 0.29) is 0 Å². The SMILES string of the molecule is N/C(C(=O)O)=C(/C[P+](=O)CO)C(=O)C1C=CC=CC1=O. The van der Waals surface area contributed by atoms with Crippen molar-refractivity contribution in [2.45, 2.75) is 0 Å². The Morgan fingerprint density at radius 1 is 1.35 bits per heavy atom. The van der Waals surface area contributed by atoms with E-state index >= 15 is 0 Å². The van der Waals surface area contributed by atoms with Crippen molar-refractivity contribution in [2.24, 2.45) is 11.7 Å². The van der Waals surface area contributed by atoms with Gasteiger partial charge in [0.2, 0.25) is 6.35 Å². The minimum atomic E-state index is -2.21. The zero-order valence-corrected chi connectivity index (χ0v) is 11.2. The molecule has 0 bridgehead atoms. The summed E-state index contributed by atoms with van der Waals surface area (Å²) in [6, 6.07) is 0. The third-order valence-corrected chi connectivity index (χ3v) is 3.59. The molecule has 0 saturated heterocycles. The molecule has 0 fully saturated rings. The maximum Gasteiger partial charge on any atom is 0.371 e. The number of ketones is 2. The van der Waals surface area contributed by atoms with Crippen molar-refractivity contribution in [1.29, 1.82) is 0 Å². The number of carbonyl (C=O) groups is 3. The van der Waals surface area contributed by atoms with E-state index in [0.29, 0.717) is 0 Å². The van der Waals surface area contributed by atoms with E-state index in [1.807, 2.05) is 0 Å². The molecule has 0 spiro atoms. The van der Waals surface area contributed by atoms with Crippen LogP contribution in [0.4, 0.5) is 0 Å². The van der Waals surface area contributed by atoms with Gasteiger partial charge in [0.1, 0.15) is 11.6 Å². The molecule has 8 heteroatoms. The molecule has 7 nitrogen and oxygen atoms in total. The summed E-state index contributed by atoms with van der Waals surface area (Å²) >= 11 is 0. The first-order chi connectivity index (χ1) is 9.38. The number of carbonyl (C=O) groups excluding carboxylic acids is 2. The number of Topliss-reactive ketones (excluding diaryl/α,β-unsaturated/α-hetero) is 1. The first-order valence-corrected chi connectivity index (χ1v) is 7.19. The Kier molecular flexibility index (Phi) is 5.49. The van der Waals surface area contributed by atoms with Crippen molar-refractivity contribution in [2.75, 3.05) is 12.5 Å². The van der Waals surface area contributed by atoms with E-state index in [9.17, 15) is 18.9 Å². The average Bonchev–Trinajstić information content (AvgIpc) is 2.43. The zero-order chi connectivity index (χ0) is 15.3. The molecule has 2 atom stereocenters. The van der Waals surface area contributed by atoms with Gasteiger partial charge in [-0.05, 0) is 6.08 Å². The normalized spacial score (nSPS) is 19.6. The molecule has 1 aliphatic carbocycles. The van der Waals surface area contributed by atoms with Crippen molar-refractivity contribution in [1.82, 2.24) is 0 Å². The maximum atomic E-state index is 12.2. The van der Waals surface area contributed by atoms with E-state index in [1.165, 1.54) is 24.3 Å². The van der Waals surface area contributed by atoms with Gasteiger partial charge in [0.25, 0.3) is 0 Å². The molecular formula is C12H13NO6P+. The molecule has 0 radical (unpaired) electrons. The van der Waals surface area contributed by atoms with Gasteiger partial charge in [-0.2, -0.15) is 0 Å². The van der Waals surface area contributed by atoms with Crippen LogP contribution in [-0.4, -0.2) is 40.3 Å². The van der Waals surface area contributed by atoms with Gasteiger partial charge in [-0.1, -0.05) is 22.8 Å². The van der Waals surface area contributed by atoms with Gasteiger partial charge in [-0.15, -0.1) is 0 Å². The second kappa shape index (κ2) is 6.88. The third-order valence-electron chi connectivity index (χ3n) is 2.61. The number of hydrogen-bond acceptors (Lipinski definition) is 6. The number of aliphatic hydroxyl groups is 1. The van der Waals surface area contributed by atoms with Gasteiger partial charge in [0, 0.05) is 0 Å². The van der Waals surface area contributed by atoms with Crippen molar-refractivity contribution in [3.63, 3.8) is 0 Å². The molecule has 0 aromatic heterocycles. The number of rotatable bonds is 6. The summed E-state index contributed by atoms with van der Waals surface area (Å²) in [6.45, 7) is 0. The molecular weight excluding hydrogens is 285 g/mol. The van der Waals surface area contributed by atoms with Gasteiger partial charge in [0.05, 0.1) is 5.57 Å². The zero-order valence-electron chi connectivity index (χ0n) is 10.4. The monoisotopic (exact) mass is 298 g/mol. The summed E-state index contributed by atoms with van der Waals surface area (Å²) in [6.07, 6.45) is 4.24. The number of aliphatic carboxylic acids is 1. The third kappa shape index (κ3) is 3.69. The summed E-state index contributed by atoms with van der Waals surface area (Å²) in [4.78, 5) is 34.7. The van der Waals surface area contributed by atoms with Crippen LogP contribution < -0.4 is 5.73 Å². The highest BCUT2D eigenvalue weighted by molar-refractivity contribution is 7.44. The van der Waals surface area contributed by atoms with Crippen molar-refractivity contribution < 1.29 is 29.2 Å². The van der Waals surface area contributed by atoms with E-state index in [0.717, 1.165) is 0 Å². The summed E-state index contributed by atoms with van der Waals surface area (Å²) < 4.78 is 11.4. The fourth-order valence-corrected chi connectivity index (χ4v) is 2.36. The highest BCUT2D eigenvalue weighted by Gasteiger charge is 2.33. The molecule has 0 heterocycles. The highest BCUT2D eigenvalue weighted by Crippen LogP contribution is 2.26. The predicted octanol–water partition coefficient (Wildman–Crippen LogP) is -0.0586. The smallest absolute Gasteiger partial charge is 0.371 e. The van der Waals surface area contributed by atoms with Gasteiger partial charge in [0.15, 0.2) is 17.7 Å². The number of nitrogens with two attached hydrogens (primary N) is 1. The van der Waals surface area contributed by atoms with Crippen LogP contribution in [0.25, 0.3) is 0 Å². The highest BCUT2D eigenvalue weighted by atomic mass is 31.1.